The third-order valence-electron chi connectivity index (χ3n) is 4.75. The number of halogens is 6. The number of aromatic nitrogens is 4. The molecule has 0 amide bonds. The minimum Gasteiger partial charge on any atom is -0.337 e. The normalized spacial score (nSPS) is 12.3. The van der Waals surface area contributed by atoms with Crippen molar-refractivity contribution in [2.75, 3.05) is 0 Å². The van der Waals surface area contributed by atoms with Crippen LogP contribution < -0.4 is 0 Å². The summed E-state index contributed by atoms with van der Waals surface area (Å²) in [5.41, 5.74) is -2.03. The summed E-state index contributed by atoms with van der Waals surface area (Å²) < 4.78 is 85.9. The average Bonchev–Trinajstić information content (AvgIpc) is 3.31. The molecule has 0 aliphatic rings. The lowest BCUT2D eigenvalue weighted by atomic mass is 10.1. The molecule has 0 fully saturated rings. The number of aryl methyl sites for hydroxylation is 1. The predicted molar refractivity (Wildman–Crippen MR) is 99.6 cm³/mol. The zero-order valence-electron chi connectivity index (χ0n) is 16.1. The fourth-order valence-electron chi connectivity index (χ4n) is 3.34. The first kappa shape index (κ1) is 21.4. The van der Waals surface area contributed by atoms with Crippen molar-refractivity contribution in [2.45, 2.75) is 25.8 Å². The Morgan fingerprint density at radius 1 is 1.06 bits per heavy atom. The van der Waals surface area contributed by atoms with E-state index in [1.165, 1.54) is 16.7 Å². The number of fused-ring (bicyclic) bond motifs is 1. The van der Waals surface area contributed by atoms with Gasteiger partial charge in [0, 0.05) is 22.8 Å². The van der Waals surface area contributed by atoms with Crippen LogP contribution in [0.3, 0.4) is 0 Å². The topological polar surface area (TPSA) is 61.1 Å². The van der Waals surface area contributed by atoms with Gasteiger partial charge in [0.1, 0.15) is 5.69 Å². The molecular formula is C20H11F6N5O. The second-order valence-electron chi connectivity index (χ2n) is 6.82. The molecule has 6 nitrogen and oxygen atoms in total. The van der Waals surface area contributed by atoms with Gasteiger partial charge in [-0.25, -0.2) is 4.85 Å². The Kier molecular flexibility index (Phi) is 4.92. The summed E-state index contributed by atoms with van der Waals surface area (Å²) in [6.07, 6.45) is -8.35. The van der Waals surface area contributed by atoms with Crippen LogP contribution in [0.25, 0.3) is 27.3 Å². The van der Waals surface area contributed by atoms with Crippen LogP contribution in [0.5, 0.6) is 0 Å². The van der Waals surface area contributed by atoms with Gasteiger partial charge in [-0.15, -0.1) is 0 Å². The molecule has 0 radical (unpaired) electrons. The van der Waals surface area contributed by atoms with E-state index in [-0.39, 0.29) is 34.9 Å². The fraction of sp³-hybridized carbons (Fsp3) is 0.200. The lowest BCUT2D eigenvalue weighted by Crippen LogP contribution is -2.07. The number of alkyl halides is 6. The standard InChI is InChI=1S/C20H11F6N5O/c1-10-7-12-15(4-3-13(27-2)17(12)20(24,25)26)31(10)9-16-29-18(32-30-16)14-8-11(5-6-28-14)19(21,22)23/h3-8H,9H2,1H3. The highest BCUT2D eigenvalue weighted by atomic mass is 19.4. The molecule has 0 unspecified atom stereocenters. The Morgan fingerprint density at radius 2 is 1.81 bits per heavy atom. The minimum absolute atomic E-state index is 0.0302. The number of rotatable bonds is 3. The summed E-state index contributed by atoms with van der Waals surface area (Å²) in [4.78, 5) is 10.8. The van der Waals surface area contributed by atoms with Crippen molar-refractivity contribution in [2.24, 2.45) is 0 Å². The summed E-state index contributed by atoms with van der Waals surface area (Å²) in [7, 11) is 0. The molecule has 0 aliphatic carbocycles. The van der Waals surface area contributed by atoms with Crippen molar-refractivity contribution >= 4 is 16.6 Å². The Labute approximate surface area is 175 Å². The van der Waals surface area contributed by atoms with E-state index in [9.17, 15) is 26.3 Å². The van der Waals surface area contributed by atoms with Gasteiger partial charge < -0.3 is 9.09 Å². The van der Waals surface area contributed by atoms with Gasteiger partial charge in [-0.2, -0.15) is 31.3 Å². The van der Waals surface area contributed by atoms with Gasteiger partial charge in [-0.3, -0.25) is 4.98 Å². The second kappa shape index (κ2) is 7.37. The van der Waals surface area contributed by atoms with Gasteiger partial charge >= 0.3 is 12.4 Å². The zero-order valence-corrected chi connectivity index (χ0v) is 16.1. The van der Waals surface area contributed by atoms with E-state index in [4.69, 9.17) is 11.1 Å². The Balaban J connectivity index is 1.73. The fourth-order valence-corrected chi connectivity index (χ4v) is 3.34. The molecule has 32 heavy (non-hydrogen) atoms. The van der Waals surface area contributed by atoms with E-state index in [1.54, 1.807) is 6.92 Å². The van der Waals surface area contributed by atoms with E-state index >= 15 is 0 Å². The molecule has 0 spiro atoms. The number of nitrogens with zero attached hydrogens (tertiary/aromatic N) is 5. The minimum atomic E-state index is -4.73. The summed E-state index contributed by atoms with van der Waals surface area (Å²) in [5, 5.41) is 3.57. The van der Waals surface area contributed by atoms with Crippen LogP contribution in [-0.4, -0.2) is 19.7 Å². The Bertz CT molecular complexity index is 1360. The largest absolute Gasteiger partial charge is 0.416 e. The molecule has 4 rings (SSSR count). The van der Waals surface area contributed by atoms with Gasteiger partial charge in [0.2, 0.25) is 0 Å². The van der Waals surface area contributed by atoms with E-state index in [0.717, 1.165) is 24.4 Å². The summed E-state index contributed by atoms with van der Waals surface area (Å²) in [5.74, 6) is -0.228. The lowest BCUT2D eigenvalue weighted by molar-refractivity contribution is -0.137. The van der Waals surface area contributed by atoms with Crippen molar-refractivity contribution in [3.63, 3.8) is 0 Å². The van der Waals surface area contributed by atoms with Crippen molar-refractivity contribution < 1.29 is 30.9 Å². The summed E-state index contributed by atoms with van der Waals surface area (Å²) >= 11 is 0. The van der Waals surface area contributed by atoms with Gasteiger partial charge in [0.05, 0.1) is 24.2 Å². The van der Waals surface area contributed by atoms with Crippen LogP contribution >= 0.6 is 0 Å². The number of hydrogen-bond donors (Lipinski definition) is 0. The first-order valence-electron chi connectivity index (χ1n) is 8.92. The van der Waals surface area contributed by atoms with E-state index < -0.39 is 29.2 Å². The molecule has 0 bridgehead atoms. The summed E-state index contributed by atoms with van der Waals surface area (Å²) in [6.45, 7) is 8.50. The molecule has 0 N–H and O–H groups in total. The number of hydrogen-bond acceptors (Lipinski definition) is 4. The van der Waals surface area contributed by atoms with Crippen molar-refractivity contribution in [3.05, 3.63) is 70.6 Å². The highest BCUT2D eigenvalue weighted by Crippen LogP contribution is 2.42. The molecule has 0 aliphatic heterocycles. The van der Waals surface area contributed by atoms with E-state index in [2.05, 4.69) is 20.0 Å². The van der Waals surface area contributed by atoms with Crippen LogP contribution in [0.15, 0.2) is 41.1 Å². The summed E-state index contributed by atoms with van der Waals surface area (Å²) in [6, 6.07) is 5.34. The van der Waals surface area contributed by atoms with Gasteiger partial charge in [-0.1, -0.05) is 11.2 Å². The smallest absolute Gasteiger partial charge is 0.337 e. The molecule has 0 saturated carbocycles. The van der Waals surface area contributed by atoms with Crippen LogP contribution in [0.1, 0.15) is 22.6 Å². The molecule has 0 saturated heterocycles. The van der Waals surface area contributed by atoms with E-state index in [0.29, 0.717) is 5.69 Å². The van der Waals surface area contributed by atoms with Crippen molar-refractivity contribution in [1.29, 1.82) is 0 Å². The lowest BCUT2D eigenvalue weighted by Gasteiger charge is -2.11. The third-order valence-corrected chi connectivity index (χ3v) is 4.75. The van der Waals surface area contributed by atoms with Gasteiger partial charge in [0.25, 0.3) is 5.89 Å². The quantitative estimate of drug-likeness (QED) is 0.282. The van der Waals surface area contributed by atoms with E-state index in [1.807, 2.05) is 0 Å². The highest BCUT2D eigenvalue weighted by Gasteiger charge is 2.36. The third kappa shape index (κ3) is 3.77. The molecular weight excluding hydrogens is 440 g/mol. The second-order valence-corrected chi connectivity index (χ2v) is 6.82. The van der Waals surface area contributed by atoms with Crippen molar-refractivity contribution in [3.8, 4) is 11.6 Å². The molecule has 4 aromatic rings. The molecule has 0 atom stereocenters. The van der Waals surface area contributed by atoms with Gasteiger partial charge in [-0.05, 0) is 31.2 Å². The van der Waals surface area contributed by atoms with Crippen molar-refractivity contribution in [1.82, 2.24) is 19.7 Å². The Hall–Kier alpha value is -3.88. The molecule has 12 heteroatoms. The first-order chi connectivity index (χ1) is 15.0. The Morgan fingerprint density at radius 3 is 2.47 bits per heavy atom. The monoisotopic (exact) mass is 451 g/mol. The maximum absolute atomic E-state index is 13.6. The maximum Gasteiger partial charge on any atom is 0.416 e. The maximum atomic E-state index is 13.6. The molecule has 1 aromatic carbocycles. The van der Waals surface area contributed by atoms with Crippen LogP contribution in [0, 0.1) is 13.5 Å². The highest BCUT2D eigenvalue weighted by molar-refractivity contribution is 5.90. The molecule has 3 heterocycles. The SMILES string of the molecule is [C-]#[N+]c1ccc2c(cc(C)n2Cc2noc(-c3cc(C(F)(F)F)ccn3)n2)c1C(F)(F)F. The molecule has 3 aromatic heterocycles. The first-order valence-corrected chi connectivity index (χ1v) is 8.92. The van der Waals surface area contributed by atoms with Crippen LogP contribution in [-0.2, 0) is 18.9 Å². The van der Waals surface area contributed by atoms with Crippen LogP contribution in [0.4, 0.5) is 32.0 Å². The number of pyridine rings is 1. The molecule has 164 valence electrons. The van der Waals surface area contributed by atoms with Gasteiger partial charge in [0.15, 0.2) is 11.5 Å². The number of benzene rings is 1. The predicted octanol–water partition coefficient (Wildman–Crippen LogP) is 6.03. The zero-order chi connectivity index (χ0) is 23.3. The van der Waals surface area contributed by atoms with Crippen LogP contribution in [0.2, 0.25) is 0 Å². The average molecular weight is 451 g/mol.